The van der Waals surface area contributed by atoms with E-state index in [4.69, 9.17) is 16.7 Å². The fourth-order valence-corrected chi connectivity index (χ4v) is 4.30. The van der Waals surface area contributed by atoms with E-state index in [1.54, 1.807) is 0 Å². The standard InChI is InChI=1S/C19H25ClN4/c1-3-23-11-5-4-6-16(23)18-15-9-10-21-19(15)24(22-18)17-12-14(20)8-7-13(17)2/h7-8,12,16,21H,3-6,9-11H2,1-2H3. The monoisotopic (exact) mass is 344 g/mol. The SMILES string of the molecule is CCN1CCCCC1c1nn(-c2cc(Cl)ccc2C)c2c1CCN2. The minimum absolute atomic E-state index is 0.457. The van der Waals surface area contributed by atoms with Gasteiger partial charge in [-0.2, -0.15) is 5.10 Å². The van der Waals surface area contributed by atoms with Gasteiger partial charge in [0.2, 0.25) is 0 Å². The van der Waals surface area contributed by atoms with Crippen LogP contribution in [0, 0.1) is 6.92 Å². The molecule has 2 aromatic rings. The van der Waals surface area contributed by atoms with Crippen LogP contribution < -0.4 is 5.32 Å². The third kappa shape index (κ3) is 2.62. The molecule has 1 N–H and O–H groups in total. The lowest BCUT2D eigenvalue weighted by molar-refractivity contribution is 0.153. The van der Waals surface area contributed by atoms with Crippen molar-refractivity contribution in [2.75, 3.05) is 25.0 Å². The van der Waals surface area contributed by atoms with Crippen LogP contribution in [0.4, 0.5) is 5.82 Å². The zero-order chi connectivity index (χ0) is 16.7. The van der Waals surface area contributed by atoms with Crippen LogP contribution >= 0.6 is 11.6 Å². The molecule has 5 heteroatoms. The summed E-state index contributed by atoms with van der Waals surface area (Å²) in [7, 11) is 0. The predicted octanol–water partition coefficient (Wildman–Crippen LogP) is 4.35. The summed E-state index contributed by atoms with van der Waals surface area (Å²) in [5, 5.41) is 9.38. The third-order valence-electron chi connectivity index (χ3n) is 5.42. The van der Waals surface area contributed by atoms with Gasteiger partial charge in [0.15, 0.2) is 0 Å². The largest absolute Gasteiger partial charge is 0.369 e. The molecule has 1 atom stereocenters. The number of benzene rings is 1. The quantitative estimate of drug-likeness (QED) is 0.898. The highest BCUT2D eigenvalue weighted by Gasteiger charge is 2.32. The molecule has 1 saturated heterocycles. The number of nitrogens with one attached hydrogen (secondary N) is 1. The van der Waals surface area contributed by atoms with E-state index in [1.165, 1.54) is 42.6 Å². The molecule has 0 saturated carbocycles. The topological polar surface area (TPSA) is 33.1 Å². The summed E-state index contributed by atoms with van der Waals surface area (Å²) in [5.74, 6) is 1.16. The molecule has 0 amide bonds. The van der Waals surface area contributed by atoms with Gasteiger partial charge in [0, 0.05) is 17.1 Å². The van der Waals surface area contributed by atoms with Crippen molar-refractivity contribution >= 4 is 17.4 Å². The number of anilines is 1. The Morgan fingerprint density at radius 1 is 1.33 bits per heavy atom. The molecule has 0 spiro atoms. The summed E-state index contributed by atoms with van der Waals surface area (Å²) < 4.78 is 2.08. The highest BCUT2D eigenvalue weighted by atomic mass is 35.5. The number of halogens is 1. The summed E-state index contributed by atoms with van der Waals surface area (Å²) in [6.07, 6.45) is 4.88. The van der Waals surface area contributed by atoms with Crippen molar-refractivity contribution in [3.05, 3.63) is 40.0 Å². The van der Waals surface area contributed by atoms with Crippen molar-refractivity contribution in [3.63, 3.8) is 0 Å². The van der Waals surface area contributed by atoms with E-state index in [9.17, 15) is 0 Å². The first-order chi connectivity index (χ1) is 11.7. The van der Waals surface area contributed by atoms with Crippen molar-refractivity contribution in [1.29, 1.82) is 0 Å². The molecule has 1 aromatic heterocycles. The Hall–Kier alpha value is -1.52. The molecule has 1 fully saturated rings. The molecular formula is C19H25ClN4. The predicted molar refractivity (Wildman–Crippen MR) is 99.3 cm³/mol. The Bertz CT molecular complexity index is 752. The number of nitrogens with zero attached hydrogens (tertiary/aromatic N) is 3. The van der Waals surface area contributed by atoms with E-state index in [2.05, 4.69) is 34.8 Å². The number of fused-ring (bicyclic) bond motifs is 1. The second kappa shape index (κ2) is 6.41. The van der Waals surface area contributed by atoms with Crippen molar-refractivity contribution < 1.29 is 0 Å². The number of aromatic nitrogens is 2. The molecule has 0 aliphatic carbocycles. The number of piperidine rings is 1. The normalized spacial score (nSPS) is 20.9. The average Bonchev–Trinajstić information content (AvgIpc) is 3.19. The number of hydrogen-bond donors (Lipinski definition) is 1. The van der Waals surface area contributed by atoms with E-state index in [0.717, 1.165) is 36.0 Å². The number of likely N-dealkylation sites (tertiary alicyclic amines) is 1. The number of hydrogen-bond acceptors (Lipinski definition) is 3. The molecule has 2 aliphatic heterocycles. The van der Waals surface area contributed by atoms with Gasteiger partial charge in [-0.3, -0.25) is 4.90 Å². The summed E-state index contributed by atoms with van der Waals surface area (Å²) in [6, 6.07) is 6.49. The zero-order valence-corrected chi connectivity index (χ0v) is 15.2. The van der Waals surface area contributed by atoms with Crippen LogP contribution in [0.1, 0.15) is 49.0 Å². The average molecular weight is 345 g/mol. The second-order valence-electron chi connectivity index (χ2n) is 6.87. The molecule has 4 nitrogen and oxygen atoms in total. The lowest BCUT2D eigenvalue weighted by Gasteiger charge is -2.34. The fourth-order valence-electron chi connectivity index (χ4n) is 4.13. The molecule has 0 bridgehead atoms. The van der Waals surface area contributed by atoms with Crippen molar-refractivity contribution in [2.24, 2.45) is 0 Å². The molecule has 24 heavy (non-hydrogen) atoms. The maximum absolute atomic E-state index is 6.25. The maximum atomic E-state index is 6.25. The van der Waals surface area contributed by atoms with Crippen molar-refractivity contribution in [2.45, 2.75) is 45.6 Å². The van der Waals surface area contributed by atoms with Gasteiger partial charge in [0.1, 0.15) is 5.82 Å². The van der Waals surface area contributed by atoms with Crippen LogP contribution in [0.25, 0.3) is 5.69 Å². The van der Waals surface area contributed by atoms with Crippen LogP contribution in [-0.2, 0) is 6.42 Å². The first-order valence-electron chi connectivity index (χ1n) is 9.05. The highest BCUT2D eigenvalue weighted by molar-refractivity contribution is 6.30. The summed E-state index contributed by atoms with van der Waals surface area (Å²) >= 11 is 6.25. The first kappa shape index (κ1) is 16.0. The van der Waals surface area contributed by atoms with Crippen molar-refractivity contribution in [1.82, 2.24) is 14.7 Å². The van der Waals surface area contributed by atoms with E-state index < -0.39 is 0 Å². The lowest BCUT2D eigenvalue weighted by atomic mass is 9.96. The molecule has 2 aliphatic rings. The Kier molecular flexibility index (Phi) is 4.27. The van der Waals surface area contributed by atoms with Crippen LogP contribution in [0.5, 0.6) is 0 Å². The molecule has 1 unspecified atom stereocenters. The number of rotatable bonds is 3. The minimum atomic E-state index is 0.457. The van der Waals surface area contributed by atoms with Crippen LogP contribution in [0.3, 0.4) is 0 Å². The van der Waals surface area contributed by atoms with Gasteiger partial charge in [-0.25, -0.2) is 4.68 Å². The Morgan fingerprint density at radius 3 is 3.04 bits per heavy atom. The minimum Gasteiger partial charge on any atom is -0.369 e. The van der Waals surface area contributed by atoms with Crippen LogP contribution in [0.15, 0.2) is 18.2 Å². The molecule has 3 heterocycles. The number of aryl methyl sites for hydroxylation is 1. The van der Waals surface area contributed by atoms with Gasteiger partial charge in [-0.1, -0.05) is 31.0 Å². The summed E-state index contributed by atoms with van der Waals surface area (Å²) in [5.41, 5.74) is 4.95. The molecule has 4 rings (SSSR count). The van der Waals surface area contributed by atoms with Gasteiger partial charge < -0.3 is 5.32 Å². The fraction of sp³-hybridized carbons (Fsp3) is 0.526. The molecule has 128 valence electrons. The summed E-state index contributed by atoms with van der Waals surface area (Å²) in [6.45, 7) is 7.66. The lowest BCUT2D eigenvalue weighted by Crippen LogP contribution is -2.34. The van der Waals surface area contributed by atoms with E-state index in [-0.39, 0.29) is 0 Å². The van der Waals surface area contributed by atoms with Crippen LogP contribution in [0.2, 0.25) is 5.02 Å². The second-order valence-corrected chi connectivity index (χ2v) is 7.31. The van der Waals surface area contributed by atoms with Gasteiger partial charge in [-0.05, 0) is 57.0 Å². The van der Waals surface area contributed by atoms with Gasteiger partial charge >= 0.3 is 0 Å². The van der Waals surface area contributed by atoms with E-state index in [0.29, 0.717) is 6.04 Å². The summed E-state index contributed by atoms with van der Waals surface area (Å²) in [4.78, 5) is 2.58. The molecule has 0 radical (unpaired) electrons. The van der Waals surface area contributed by atoms with Crippen molar-refractivity contribution in [3.8, 4) is 5.69 Å². The van der Waals surface area contributed by atoms with Gasteiger partial charge in [0.05, 0.1) is 17.4 Å². The van der Waals surface area contributed by atoms with Gasteiger partial charge in [0.25, 0.3) is 0 Å². The van der Waals surface area contributed by atoms with Gasteiger partial charge in [-0.15, -0.1) is 0 Å². The van der Waals surface area contributed by atoms with Crippen LogP contribution in [-0.4, -0.2) is 34.3 Å². The Balaban J connectivity index is 1.82. The zero-order valence-electron chi connectivity index (χ0n) is 14.5. The highest BCUT2D eigenvalue weighted by Crippen LogP contribution is 2.38. The smallest absolute Gasteiger partial charge is 0.133 e. The van der Waals surface area contributed by atoms with E-state index >= 15 is 0 Å². The maximum Gasteiger partial charge on any atom is 0.133 e. The Labute approximate surface area is 148 Å². The van der Waals surface area contributed by atoms with E-state index in [1.807, 2.05) is 12.1 Å². The third-order valence-corrected chi connectivity index (χ3v) is 5.65. The molecular weight excluding hydrogens is 320 g/mol. The Morgan fingerprint density at radius 2 is 2.21 bits per heavy atom. The first-order valence-corrected chi connectivity index (χ1v) is 9.43. The molecule has 1 aromatic carbocycles.